The molecule has 1 atom stereocenters. The molecule has 0 aliphatic carbocycles. The summed E-state index contributed by atoms with van der Waals surface area (Å²) in [6, 6.07) is 12.7. The average Bonchev–Trinajstić information content (AvgIpc) is 2.73. The summed E-state index contributed by atoms with van der Waals surface area (Å²) in [5, 5.41) is 29.9. The predicted molar refractivity (Wildman–Crippen MR) is 102 cm³/mol. The van der Waals surface area contributed by atoms with E-state index in [1.54, 1.807) is 30.3 Å². The smallest absolute Gasteiger partial charge is 0.412 e. The third kappa shape index (κ3) is 6.27. The van der Waals surface area contributed by atoms with Crippen LogP contribution in [-0.2, 0) is 9.53 Å². The molecule has 0 saturated carbocycles. The fourth-order valence-electron chi connectivity index (χ4n) is 2.40. The Bertz CT molecular complexity index is 934. The van der Waals surface area contributed by atoms with Gasteiger partial charge >= 0.3 is 6.09 Å². The number of hydrogen-bond donors (Lipinski definition) is 4. The number of phenolic OH excluding ortho intramolecular Hbond substituents is 1. The molecule has 0 fully saturated rings. The van der Waals surface area contributed by atoms with E-state index in [2.05, 4.69) is 5.32 Å². The van der Waals surface area contributed by atoms with Crippen LogP contribution in [0.1, 0.15) is 23.7 Å². The number of nitrogens with zero attached hydrogens (tertiary/aromatic N) is 1. The molecule has 0 spiro atoms. The number of carbonyl (C=O) groups excluding carboxylic acids is 2. The van der Waals surface area contributed by atoms with Gasteiger partial charge in [-0.25, -0.2) is 10.3 Å². The summed E-state index contributed by atoms with van der Waals surface area (Å²) in [6.07, 6.45) is 0.980. The zero-order valence-corrected chi connectivity index (χ0v) is 15.5. The molecule has 150 valence electrons. The first kappa shape index (κ1) is 21.3. The van der Waals surface area contributed by atoms with E-state index in [4.69, 9.17) is 19.9 Å². The Morgan fingerprint density at radius 2 is 1.97 bits per heavy atom. The van der Waals surface area contributed by atoms with E-state index in [1.165, 1.54) is 30.8 Å². The molecular formula is C20H19N3O6. The molecule has 0 aliphatic heterocycles. The van der Waals surface area contributed by atoms with Crippen LogP contribution in [0.3, 0.4) is 0 Å². The van der Waals surface area contributed by atoms with Crippen molar-refractivity contribution in [3.8, 4) is 17.6 Å². The molecule has 0 bridgehead atoms. The van der Waals surface area contributed by atoms with E-state index in [0.717, 1.165) is 6.08 Å². The van der Waals surface area contributed by atoms with Gasteiger partial charge in [-0.3, -0.25) is 15.3 Å². The minimum absolute atomic E-state index is 0.0972. The number of ether oxygens (including phenoxy) is 2. The Hall–Kier alpha value is -4.03. The molecule has 0 aromatic heterocycles. The number of methoxy groups -OCH3 is 1. The maximum Gasteiger partial charge on any atom is 0.412 e. The molecule has 2 aromatic carbocycles. The van der Waals surface area contributed by atoms with Crippen molar-refractivity contribution >= 4 is 17.7 Å². The third-order valence-electron chi connectivity index (χ3n) is 3.81. The maximum atomic E-state index is 12.3. The van der Waals surface area contributed by atoms with Crippen molar-refractivity contribution in [2.75, 3.05) is 12.4 Å². The first-order chi connectivity index (χ1) is 14.0. The van der Waals surface area contributed by atoms with Gasteiger partial charge in [0.05, 0.1) is 18.7 Å². The van der Waals surface area contributed by atoms with E-state index in [-0.39, 0.29) is 17.9 Å². The number of benzene rings is 2. The molecule has 29 heavy (non-hydrogen) atoms. The third-order valence-corrected chi connectivity index (χ3v) is 3.81. The van der Waals surface area contributed by atoms with E-state index in [0.29, 0.717) is 16.8 Å². The first-order valence-corrected chi connectivity index (χ1v) is 8.42. The Morgan fingerprint density at radius 1 is 1.24 bits per heavy atom. The van der Waals surface area contributed by atoms with E-state index in [1.807, 2.05) is 6.07 Å². The second kappa shape index (κ2) is 10.3. The van der Waals surface area contributed by atoms with Crippen molar-refractivity contribution in [1.29, 1.82) is 5.26 Å². The molecule has 0 radical (unpaired) electrons. The molecule has 0 saturated heterocycles. The van der Waals surface area contributed by atoms with Crippen LogP contribution in [0.25, 0.3) is 0 Å². The minimum atomic E-state index is -0.840. The summed E-state index contributed by atoms with van der Waals surface area (Å²) in [6.45, 7) is 0. The van der Waals surface area contributed by atoms with Gasteiger partial charge in [-0.15, -0.1) is 0 Å². The highest BCUT2D eigenvalue weighted by molar-refractivity contribution is 5.86. The van der Waals surface area contributed by atoms with Gasteiger partial charge < -0.3 is 14.6 Å². The standard InChI is InChI=1S/C20H19N3O6/c1-28-18-10-7-14(11-16(18)24)17(3-2-4-19(25)23-27)29-20(26)22-15-8-5-13(12-21)6-9-15/h2,4-11,17,24,27H,3H2,1H3,(H,22,26)(H,23,25)/b4-2+/t17-/m0/s1. The Morgan fingerprint density at radius 3 is 2.55 bits per heavy atom. The quantitative estimate of drug-likeness (QED) is 0.320. The van der Waals surface area contributed by atoms with Gasteiger partial charge in [0.2, 0.25) is 0 Å². The van der Waals surface area contributed by atoms with Crippen LogP contribution in [0.2, 0.25) is 0 Å². The van der Waals surface area contributed by atoms with E-state index >= 15 is 0 Å². The summed E-state index contributed by atoms with van der Waals surface area (Å²) in [4.78, 5) is 23.4. The largest absolute Gasteiger partial charge is 0.504 e. The van der Waals surface area contributed by atoms with Gasteiger partial charge in [-0.05, 0) is 42.0 Å². The lowest BCUT2D eigenvalue weighted by Gasteiger charge is -2.18. The van der Waals surface area contributed by atoms with Crippen LogP contribution in [0.15, 0.2) is 54.6 Å². The molecule has 2 rings (SSSR count). The molecule has 2 aromatic rings. The van der Waals surface area contributed by atoms with Gasteiger partial charge in [0, 0.05) is 18.2 Å². The normalized spacial score (nSPS) is 11.3. The Balaban J connectivity index is 2.16. The number of hydroxylamine groups is 1. The fourth-order valence-corrected chi connectivity index (χ4v) is 2.40. The highest BCUT2D eigenvalue weighted by Crippen LogP contribution is 2.32. The van der Waals surface area contributed by atoms with Crippen molar-refractivity contribution in [3.63, 3.8) is 0 Å². The number of hydrogen-bond acceptors (Lipinski definition) is 7. The number of anilines is 1. The SMILES string of the molecule is COc1ccc([C@H](C/C=C/C(=O)NO)OC(=O)Nc2ccc(C#N)cc2)cc1O. The van der Waals surface area contributed by atoms with Gasteiger partial charge in [0.25, 0.3) is 5.91 Å². The number of aromatic hydroxyl groups is 1. The number of phenols is 1. The van der Waals surface area contributed by atoms with Crippen LogP contribution in [0, 0.1) is 11.3 Å². The molecule has 0 aliphatic rings. The lowest BCUT2D eigenvalue weighted by molar-refractivity contribution is -0.124. The Labute approximate surface area is 166 Å². The lowest BCUT2D eigenvalue weighted by Crippen LogP contribution is -2.18. The van der Waals surface area contributed by atoms with Crippen molar-refractivity contribution in [2.45, 2.75) is 12.5 Å². The van der Waals surface area contributed by atoms with Gasteiger partial charge in [-0.2, -0.15) is 5.26 Å². The molecule has 0 unspecified atom stereocenters. The molecule has 4 N–H and O–H groups in total. The number of rotatable bonds is 7. The maximum absolute atomic E-state index is 12.3. The Kier molecular flexibility index (Phi) is 7.59. The summed E-state index contributed by atoms with van der Waals surface area (Å²) in [5.74, 6) is -0.615. The number of nitriles is 1. The number of nitrogens with one attached hydrogen (secondary N) is 2. The second-order valence-electron chi connectivity index (χ2n) is 5.75. The van der Waals surface area contributed by atoms with Crippen LogP contribution >= 0.6 is 0 Å². The molecular weight excluding hydrogens is 378 g/mol. The van der Waals surface area contributed by atoms with Crippen molar-refractivity contribution < 1.29 is 29.4 Å². The van der Waals surface area contributed by atoms with Crippen LogP contribution in [0.4, 0.5) is 10.5 Å². The van der Waals surface area contributed by atoms with Gasteiger partial charge in [-0.1, -0.05) is 12.1 Å². The molecule has 0 heterocycles. The summed E-state index contributed by atoms with van der Waals surface area (Å²) in [7, 11) is 1.41. The summed E-state index contributed by atoms with van der Waals surface area (Å²) >= 11 is 0. The average molecular weight is 397 g/mol. The molecule has 2 amide bonds. The highest BCUT2D eigenvalue weighted by Gasteiger charge is 2.18. The molecule has 9 heteroatoms. The van der Waals surface area contributed by atoms with Crippen LogP contribution < -0.4 is 15.5 Å². The predicted octanol–water partition coefficient (Wildman–Crippen LogP) is 3.01. The van der Waals surface area contributed by atoms with E-state index in [9.17, 15) is 14.7 Å². The fraction of sp³-hybridized carbons (Fsp3) is 0.150. The van der Waals surface area contributed by atoms with Gasteiger partial charge in [0.1, 0.15) is 6.10 Å². The summed E-state index contributed by atoms with van der Waals surface area (Å²) < 4.78 is 10.4. The number of carbonyl (C=O) groups is 2. The summed E-state index contributed by atoms with van der Waals surface area (Å²) in [5.41, 5.74) is 2.80. The van der Waals surface area contributed by atoms with Crippen LogP contribution in [-0.4, -0.2) is 29.4 Å². The lowest BCUT2D eigenvalue weighted by atomic mass is 10.1. The van der Waals surface area contributed by atoms with Crippen molar-refractivity contribution in [3.05, 3.63) is 65.7 Å². The van der Waals surface area contributed by atoms with Crippen molar-refractivity contribution in [2.24, 2.45) is 0 Å². The monoisotopic (exact) mass is 397 g/mol. The molecule has 9 nitrogen and oxygen atoms in total. The van der Waals surface area contributed by atoms with E-state index < -0.39 is 18.1 Å². The second-order valence-corrected chi connectivity index (χ2v) is 5.75. The van der Waals surface area contributed by atoms with Crippen molar-refractivity contribution in [1.82, 2.24) is 5.48 Å². The van der Waals surface area contributed by atoms with Gasteiger partial charge in [0.15, 0.2) is 11.5 Å². The number of amides is 2. The zero-order valence-electron chi connectivity index (χ0n) is 15.5. The van der Waals surface area contributed by atoms with Crippen LogP contribution in [0.5, 0.6) is 11.5 Å². The minimum Gasteiger partial charge on any atom is -0.504 e. The zero-order chi connectivity index (χ0) is 21.2. The highest BCUT2D eigenvalue weighted by atomic mass is 16.6. The first-order valence-electron chi connectivity index (χ1n) is 8.42. The topological polar surface area (TPSA) is 141 Å².